The third-order valence-electron chi connectivity index (χ3n) is 3.49. The molecule has 0 spiro atoms. The topological polar surface area (TPSA) is 62.3 Å². The van der Waals surface area contributed by atoms with Crippen molar-refractivity contribution in [1.29, 1.82) is 0 Å². The smallest absolute Gasteiger partial charge is 0.201 e. The fraction of sp³-hybridized carbons (Fsp3) is 0.462. The van der Waals surface area contributed by atoms with Gasteiger partial charge >= 0.3 is 0 Å². The third kappa shape index (κ3) is 2.00. The lowest BCUT2D eigenvalue weighted by molar-refractivity contribution is 0.355. The van der Waals surface area contributed by atoms with Crippen molar-refractivity contribution in [1.82, 2.24) is 9.55 Å². The van der Waals surface area contributed by atoms with Crippen molar-refractivity contribution >= 4 is 28.7 Å². The maximum atomic E-state index is 6.08. The first-order valence-electron chi connectivity index (χ1n) is 6.21. The zero-order valence-electron chi connectivity index (χ0n) is 11.0. The summed E-state index contributed by atoms with van der Waals surface area (Å²) in [5.41, 5.74) is 7.95. The number of benzene rings is 1. The Hall–Kier alpha value is -1.56. The zero-order valence-corrected chi connectivity index (χ0v) is 11.9. The molecule has 1 aliphatic rings. The predicted octanol–water partition coefficient (Wildman–Crippen LogP) is 2.31. The number of anilines is 1. The normalized spacial score (nSPS) is 18.9. The first-order chi connectivity index (χ1) is 9.24. The minimum Gasteiger partial charge on any atom is -0.493 e. The summed E-state index contributed by atoms with van der Waals surface area (Å²) >= 11 is 1.96. The zero-order chi connectivity index (χ0) is 13.4. The van der Waals surface area contributed by atoms with Gasteiger partial charge in [0.05, 0.1) is 25.3 Å². The lowest BCUT2D eigenvalue weighted by atomic mass is 10.2. The standard InChI is InChI=1S/C13H17N3O2S/c1-17-11-5-9-10(6-12(11)18-2)16(13(14)15-9)8-3-4-19-7-8/h5-6,8H,3-4,7H2,1-2H3,(H2,14,15). The summed E-state index contributed by atoms with van der Waals surface area (Å²) in [7, 11) is 3.26. The van der Waals surface area contributed by atoms with E-state index < -0.39 is 0 Å². The number of hydrogen-bond acceptors (Lipinski definition) is 5. The van der Waals surface area contributed by atoms with Crippen LogP contribution in [-0.2, 0) is 0 Å². The van der Waals surface area contributed by atoms with Crippen LogP contribution >= 0.6 is 11.8 Å². The number of fused-ring (bicyclic) bond motifs is 1. The van der Waals surface area contributed by atoms with Crippen molar-refractivity contribution in [2.45, 2.75) is 12.5 Å². The molecule has 1 atom stereocenters. The van der Waals surface area contributed by atoms with Crippen LogP contribution in [0.5, 0.6) is 11.5 Å². The summed E-state index contributed by atoms with van der Waals surface area (Å²) in [6.07, 6.45) is 1.13. The molecule has 1 fully saturated rings. The predicted molar refractivity (Wildman–Crippen MR) is 78.2 cm³/mol. The largest absolute Gasteiger partial charge is 0.493 e. The molecule has 1 aromatic heterocycles. The van der Waals surface area contributed by atoms with Crippen molar-refractivity contribution in [3.63, 3.8) is 0 Å². The molecule has 0 aliphatic carbocycles. The highest BCUT2D eigenvalue weighted by atomic mass is 32.2. The van der Waals surface area contributed by atoms with Gasteiger partial charge in [-0.05, 0) is 12.2 Å². The van der Waals surface area contributed by atoms with E-state index >= 15 is 0 Å². The van der Waals surface area contributed by atoms with Gasteiger partial charge in [-0.1, -0.05) is 0 Å². The summed E-state index contributed by atoms with van der Waals surface area (Å²) in [6.45, 7) is 0. The maximum Gasteiger partial charge on any atom is 0.201 e. The number of aromatic nitrogens is 2. The minimum absolute atomic E-state index is 0.424. The maximum absolute atomic E-state index is 6.08. The van der Waals surface area contributed by atoms with E-state index in [1.54, 1.807) is 14.2 Å². The Morgan fingerprint density at radius 1 is 1.32 bits per heavy atom. The van der Waals surface area contributed by atoms with E-state index in [1.165, 1.54) is 5.75 Å². The average molecular weight is 279 g/mol. The van der Waals surface area contributed by atoms with E-state index in [-0.39, 0.29) is 0 Å². The number of ether oxygens (including phenoxy) is 2. The number of imidazole rings is 1. The fourth-order valence-corrected chi connectivity index (χ4v) is 3.74. The average Bonchev–Trinajstić information content (AvgIpc) is 3.02. The van der Waals surface area contributed by atoms with Crippen LogP contribution < -0.4 is 15.2 Å². The molecular formula is C13H17N3O2S. The highest BCUT2D eigenvalue weighted by Gasteiger charge is 2.23. The van der Waals surface area contributed by atoms with Crippen LogP contribution in [0.1, 0.15) is 12.5 Å². The molecule has 2 heterocycles. The SMILES string of the molecule is COc1cc2nc(N)n(C3CCSC3)c2cc1OC. The van der Waals surface area contributed by atoms with Gasteiger partial charge in [0.2, 0.25) is 5.95 Å². The summed E-state index contributed by atoms with van der Waals surface area (Å²) in [6, 6.07) is 4.26. The molecule has 0 radical (unpaired) electrons. The van der Waals surface area contributed by atoms with E-state index in [0.717, 1.165) is 23.2 Å². The number of rotatable bonds is 3. The Bertz CT molecular complexity index is 605. The number of nitrogens with zero attached hydrogens (tertiary/aromatic N) is 2. The van der Waals surface area contributed by atoms with Crippen molar-refractivity contribution in [3.8, 4) is 11.5 Å². The Kier molecular flexibility index (Phi) is 3.18. The third-order valence-corrected chi connectivity index (χ3v) is 4.64. The van der Waals surface area contributed by atoms with E-state index in [1.807, 2.05) is 23.9 Å². The van der Waals surface area contributed by atoms with E-state index in [2.05, 4.69) is 9.55 Å². The van der Waals surface area contributed by atoms with Gasteiger partial charge in [0.25, 0.3) is 0 Å². The summed E-state index contributed by atoms with van der Waals surface area (Å²) in [5.74, 6) is 4.22. The second-order valence-corrected chi connectivity index (χ2v) is 5.70. The van der Waals surface area contributed by atoms with Crippen LogP contribution in [0.2, 0.25) is 0 Å². The lowest BCUT2D eigenvalue weighted by Gasteiger charge is -2.14. The van der Waals surface area contributed by atoms with Crippen LogP contribution in [0, 0.1) is 0 Å². The van der Waals surface area contributed by atoms with E-state index in [9.17, 15) is 0 Å². The van der Waals surface area contributed by atoms with Gasteiger partial charge in [0, 0.05) is 23.9 Å². The van der Waals surface area contributed by atoms with Gasteiger partial charge in [-0.2, -0.15) is 11.8 Å². The van der Waals surface area contributed by atoms with Crippen LogP contribution in [0.25, 0.3) is 11.0 Å². The van der Waals surface area contributed by atoms with Gasteiger partial charge < -0.3 is 19.8 Å². The number of nitrogens with two attached hydrogens (primary N) is 1. The Labute approximate surface area is 116 Å². The fourth-order valence-electron chi connectivity index (χ4n) is 2.55. The molecule has 0 amide bonds. The van der Waals surface area contributed by atoms with E-state index in [4.69, 9.17) is 15.2 Å². The first-order valence-corrected chi connectivity index (χ1v) is 7.37. The molecule has 0 bridgehead atoms. The van der Waals surface area contributed by atoms with Crippen molar-refractivity contribution in [3.05, 3.63) is 12.1 Å². The van der Waals surface area contributed by atoms with Crippen molar-refractivity contribution < 1.29 is 9.47 Å². The number of hydrogen-bond donors (Lipinski definition) is 1. The second kappa shape index (κ2) is 4.85. The monoisotopic (exact) mass is 279 g/mol. The number of methoxy groups -OCH3 is 2. The first kappa shape index (κ1) is 12.5. The summed E-state index contributed by atoms with van der Waals surface area (Å²) in [4.78, 5) is 4.44. The van der Waals surface area contributed by atoms with Crippen LogP contribution in [-0.4, -0.2) is 35.3 Å². The van der Waals surface area contributed by atoms with Gasteiger partial charge in [-0.15, -0.1) is 0 Å². The van der Waals surface area contributed by atoms with Crippen molar-refractivity contribution in [2.24, 2.45) is 0 Å². The van der Waals surface area contributed by atoms with Gasteiger partial charge in [0.1, 0.15) is 0 Å². The van der Waals surface area contributed by atoms with Gasteiger partial charge in [0.15, 0.2) is 11.5 Å². The van der Waals surface area contributed by atoms with Crippen LogP contribution in [0.4, 0.5) is 5.95 Å². The minimum atomic E-state index is 0.424. The Balaban J connectivity index is 2.18. The molecule has 1 unspecified atom stereocenters. The molecule has 19 heavy (non-hydrogen) atoms. The summed E-state index contributed by atoms with van der Waals surface area (Å²) < 4.78 is 12.8. The van der Waals surface area contributed by atoms with Gasteiger partial charge in [-0.3, -0.25) is 0 Å². The number of thioether (sulfide) groups is 1. The summed E-state index contributed by atoms with van der Waals surface area (Å²) in [5, 5.41) is 0. The lowest BCUT2D eigenvalue weighted by Crippen LogP contribution is -2.11. The van der Waals surface area contributed by atoms with Gasteiger partial charge in [-0.25, -0.2) is 4.98 Å². The Morgan fingerprint density at radius 3 is 2.68 bits per heavy atom. The second-order valence-electron chi connectivity index (χ2n) is 4.55. The molecular weight excluding hydrogens is 262 g/mol. The molecule has 3 rings (SSSR count). The van der Waals surface area contributed by atoms with E-state index in [0.29, 0.717) is 23.5 Å². The van der Waals surface area contributed by atoms with Crippen LogP contribution in [0.15, 0.2) is 12.1 Å². The molecule has 102 valence electrons. The highest BCUT2D eigenvalue weighted by molar-refractivity contribution is 7.99. The number of nitrogen functional groups attached to an aromatic ring is 1. The van der Waals surface area contributed by atoms with Crippen molar-refractivity contribution in [2.75, 3.05) is 31.5 Å². The van der Waals surface area contributed by atoms with Crippen LogP contribution in [0.3, 0.4) is 0 Å². The molecule has 0 saturated carbocycles. The molecule has 5 nitrogen and oxygen atoms in total. The molecule has 6 heteroatoms. The quantitative estimate of drug-likeness (QED) is 0.934. The Morgan fingerprint density at radius 2 is 2.05 bits per heavy atom. The molecule has 1 saturated heterocycles. The highest BCUT2D eigenvalue weighted by Crippen LogP contribution is 2.37. The molecule has 1 aliphatic heterocycles. The molecule has 1 aromatic carbocycles. The molecule has 2 N–H and O–H groups in total. The molecule has 2 aromatic rings.